The molecule has 0 saturated carbocycles. The number of aliphatic hydroxyl groups excluding tert-OH is 4. The van der Waals surface area contributed by atoms with E-state index in [0.717, 1.165) is 25.7 Å². The zero-order chi connectivity index (χ0) is 19.3. The highest BCUT2D eigenvalue weighted by molar-refractivity contribution is 4.50. The first-order valence-electron chi connectivity index (χ1n) is 9.97. The van der Waals surface area contributed by atoms with E-state index in [9.17, 15) is 0 Å². The van der Waals surface area contributed by atoms with E-state index in [2.05, 4.69) is 0 Å². The summed E-state index contributed by atoms with van der Waals surface area (Å²) in [5.74, 6) is 0. The Morgan fingerprint density at radius 3 is 1.00 bits per heavy atom. The monoisotopic (exact) mass is 380 g/mol. The molecule has 0 rings (SSSR count). The number of hydrogen-bond acceptors (Lipinski definition) is 8. The van der Waals surface area contributed by atoms with Crippen molar-refractivity contribution in [3.63, 3.8) is 0 Å². The van der Waals surface area contributed by atoms with Crippen LogP contribution in [0.4, 0.5) is 0 Å². The van der Waals surface area contributed by atoms with Crippen LogP contribution in [0.25, 0.3) is 0 Å². The third kappa shape index (κ3) is 17.1. The normalized spacial score (nSPS) is 11.8. The van der Waals surface area contributed by atoms with Gasteiger partial charge in [0.2, 0.25) is 0 Å². The zero-order valence-electron chi connectivity index (χ0n) is 16.2. The number of hydroxylamine groups is 4. The largest absolute Gasteiger partial charge is 0.396 e. The summed E-state index contributed by atoms with van der Waals surface area (Å²) >= 11 is 0. The molecule has 0 amide bonds. The summed E-state index contributed by atoms with van der Waals surface area (Å²) in [6.07, 6.45) is 6.74. The number of hydrogen-bond donors (Lipinski definition) is 4. The van der Waals surface area contributed by atoms with Gasteiger partial charge in [-0.25, -0.2) is 0 Å². The lowest BCUT2D eigenvalue weighted by Crippen LogP contribution is -2.28. The van der Waals surface area contributed by atoms with Gasteiger partial charge >= 0.3 is 0 Å². The van der Waals surface area contributed by atoms with Crippen LogP contribution in [0, 0.1) is 0 Å². The van der Waals surface area contributed by atoms with E-state index >= 15 is 0 Å². The summed E-state index contributed by atoms with van der Waals surface area (Å²) in [5, 5.41) is 39.2. The Morgan fingerprint density at radius 1 is 0.423 bits per heavy atom. The minimum atomic E-state index is 0.145. The van der Waals surface area contributed by atoms with Gasteiger partial charge in [0.25, 0.3) is 0 Å². The van der Waals surface area contributed by atoms with Gasteiger partial charge in [-0.05, 0) is 38.5 Å². The van der Waals surface area contributed by atoms with Crippen molar-refractivity contribution in [1.29, 1.82) is 0 Å². The highest BCUT2D eigenvalue weighted by atomic mass is 16.7. The molecule has 0 saturated heterocycles. The fourth-order valence-corrected chi connectivity index (χ4v) is 2.42. The van der Waals surface area contributed by atoms with Crippen molar-refractivity contribution in [3.8, 4) is 0 Å². The zero-order valence-corrected chi connectivity index (χ0v) is 16.2. The molecule has 0 aliphatic carbocycles. The lowest BCUT2D eigenvalue weighted by atomic mass is 10.2. The molecule has 0 aromatic heterocycles. The Morgan fingerprint density at radius 2 is 0.731 bits per heavy atom. The molecule has 0 atom stereocenters. The number of aliphatic hydroxyl groups is 4. The van der Waals surface area contributed by atoms with Crippen LogP contribution >= 0.6 is 0 Å². The first-order valence-corrected chi connectivity index (χ1v) is 9.97. The van der Waals surface area contributed by atoms with Gasteiger partial charge in [0.15, 0.2) is 0 Å². The van der Waals surface area contributed by atoms with E-state index in [4.69, 9.17) is 30.1 Å². The summed E-state index contributed by atoms with van der Waals surface area (Å²) in [6, 6.07) is 0. The molecule has 0 aliphatic heterocycles. The summed E-state index contributed by atoms with van der Waals surface area (Å²) in [5.41, 5.74) is 0. The van der Waals surface area contributed by atoms with E-state index in [1.54, 1.807) is 0 Å². The summed E-state index contributed by atoms with van der Waals surface area (Å²) in [6.45, 7) is 4.61. The first kappa shape index (κ1) is 25.7. The molecule has 0 heterocycles. The van der Waals surface area contributed by atoms with Crippen LogP contribution in [0.5, 0.6) is 0 Å². The number of rotatable bonds is 21. The van der Waals surface area contributed by atoms with Crippen LogP contribution in [0.2, 0.25) is 0 Å². The fourth-order valence-electron chi connectivity index (χ4n) is 2.42. The van der Waals surface area contributed by atoms with Crippen LogP contribution < -0.4 is 0 Å². The van der Waals surface area contributed by atoms with Crippen molar-refractivity contribution in [2.45, 2.75) is 51.4 Å². The maximum Gasteiger partial charge on any atom is 0.0685 e. The van der Waals surface area contributed by atoms with Gasteiger partial charge in [0.05, 0.1) is 13.2 Å². The number of unbranched alkanes of at least 4 members (excludes halogenated alkanes) is 3. The topological polar surface area (TPSA) is 106 Å². The Balaban J connectivity index is 3.64. The molecule has 0 bridgehead atoms. The average Bonchev–Trinajstić information content (AvgIpc) is 2.66. The fraction of sp³-hybridized carbons (Fsp3) is 1.00. The molecule has 26 heavy (non-hydrogen) atoms. The van der Waals surface area contributed by atoms with E-state index in [1.165, 1.54) is 0 Å². The Hall–Kier alpha value is -0.320. The van der Waals surface area contributed by atoms with Gasteiger partial charge < -0.3 is 20.4 Å². The van der Waals surface area contributed by atoms with E-state index in [1.807, 2.05) is 10.1 Å². The van der Waals surface area contributed by atoms with Crippen molar-refractivity contribution in [2.24, 2.45) is 0 Å². The molecule has 0 unspecified atom stereocenters. The number of nitrogens with zero attached hydrogens (tertiary/aromatic N) is 2. The van der Waals surface area contributed by atoms with Crippen LogP contribution in [0.3, 0.4) is 0 Å². The Labute approximate surface area is 158 Å². The molecule has 8 nitrogen and oxygen atoms in total. The maximum absolute atomic E-state index is 8.90. The van der Waals surface area contributed by atoms with E-state index in [0.29, 0.717) is 65.1 Å². The molecule has 0 spiro atoms. The van der Waals surface area contributed by atoms with Gasteiger partial charge in [0, 0.05) is 52.6 Å². The van der Waals surface area contributed by atoms with Crippen LogP contribution in [0.1, 0.15) is 51.4 Å². The lowest BCUT2D eigenvalue weighted by Gasteiger charge is -2.21. The van der Waals surface area contributed by atoms with Crippen molar-refractivity contribution >= 4 is 0 Å². The van der Waals surface area contributed by atoms with Gasteiger partial charge in [-0.1, -0.05) is 12.8 Å². The highest BCUT2D eigenvalue weighted by Gasteiger charge is 2.06. The van der Waals surface area contributed by atoms with Crippen LogP contribution in [-0.2, 0) is 9.68 Å². The minimum Gasteiger partial charge on any atom is -0.396 e. The molecule has 0 aromatic rings. The molecular formula is C18H40N2O6. The molecule has 0 aliphatic rings. The van der Waals surface area contributed by atoms with Gasteiger partial charge in [-0.3, -0.25) is 9.68 Å². The average molecular weight is 381 g/mol. The van der Waals surface area contributed by atoms with Crippen LogP contribution in [0.15, 0.2) is 0 Å². The smallest absolute Gasteiger partial charge is 0.0685 e. The van der Waals surface area contributed by atoms with Gasteiger partial charge in [0.1, 0.15) is 0 Å². The predicted molar refractivity (Wildman–Crippen MR) is 100 cm³/mol. The first-order chi connectivity index (χ1) is 12.8. The van der Waals surface area contributed by atoms with Crippen molar-refractivity contribution in [2.75, 3.05) is 65.8 Å². The van der Waals surface area contributed by atoms with Crippen molar-refractivity contribution < 1.29 is 30.1 Å². The highest BCUT2D eigenvalue weighted by Crippen LogP contribution is 2.05. The molecule has 0 radical (unpaired) electrons. The van der Waals surface area contributed by atoms with Crippen LogP contribution in [-0.4, -0.2) is 96.4 Å². The van der Waals surface area contributed by atoms with E-state index < -0.39 is 0 Å². The van der Waals surface area contributed by atoms with Crippen molar-refractivity contribution in [3.05, 3.63) is 0 Å². The second kappa shape index (κ2) is 21.0. The Kier molecular flexibility index (Phi) is 20.7. The third-order valence-corrected chi connectivity index (χ3v) is 3.85. The minimum absolute atomic E-state index is 0.145. The van der Waals surface area contributed by atoms with E-state index in [-0.39, 0.29) is 26.4 Å². The third-order valence-electron chi connectivity index (χ3n) is 3.85. The molecule has 0 aromatic carbocycles. The Bertz CT molecular complexity index is 232. The lowest BCUT2D eigenvalue weighted by molar-refractivity contribution is -0.165. The van der Waals surface area contributed by atoms with Gasteiger partial charge in [-0.2, -0.15) is 10.1 Å². The SMILES string of the molecule is OCCCN(CCCO)OCCCCCCON(CCCO)CCCO. The van der Waals surface area contributed by atoms with Crippen molar-refractivity contribution in [1.82, 2.24) is 10.1 Å². The maximum atomic E-state index is 8.90. The summed E-state index contributed by atoms with van der Waals surface area (Å²) in [7, 11) is 0. The molecule has 0 fully saturated rings. The predicted octanol–water partition coefficient (Wildman–Crippen LogP) is 0.544. The molecule has 8 heteroatoms. The molecule has 4 N–H and O–H groups in total. The second-order valence-electron chi connectivity index (χ2n) is 6.25. The second-order valence-corrected chi connectivity index (χ2v) is 6.25. The standard InChI is InChI=1S/C18H40N2O6/c21-13-5-9-19(10-6-14-22)25-17-3-1-2-4-18-26-20(11-7-15-23)12-8-16-24/h21-24H,1-18H2. The van der Waals surface area contributed by atoms with Gasteiger partial charge in [-0.15, -0.1) is 0 Å². The quantitative estimate of drug-likeness (QED) is 0.169. The molecular weight excluding hydrogens is 340 g/mol. The molecule has 158 valence electrons. The summed E-state index contributed by atoms with van der Waals surface area (Å²) < 4.78 is 0. The summed E-state index contributed by atoms with van der Waals surface area (Å²) in [4.78, 5) is 11.4.